The van der Waals surface area contributed by atoms with Gasteiger partial charge in [0.1, 0.15) is 23.0 Å². The van der Waals surface area contributed by atoms with Crippen LogP contribution in [-0.2, 0) is 0 Å². The molecule has 3 aromatic carbocycles. The standard InChI is InChI=1S/C28H17N2O2P/c1-3-14-29-20(6-1)18-10-12-22-26(16-18)33-27-17-19(21-7-2-4-15-30-21)11-13-23(27)32-25-9-5-8-24(31-22)28(25)33/h1-17H. The van der Waals surface area contributed by atoms with Crippen LogP contribution in [0.4, 0.5) is 0 Å². The van der Waals surface area contributed by atoms with Gasteiger partial charge in [0.05, 0.1) is 16.7 Å². The van der Waals surface area contributed by atoms with Gasteiger partial charge in [0.25, 0.3) is 0 Å². The molecule has 33 heavy (non-hydrogen) atoms. The van der Waals surface area contributed by atoms with Crippen molar-refractivity contribution in [1.82, 2.24) is 9.97 Å². The molecular weight excluding hydrogens is 427 g/mol. The second-order valence-corrected chi connectivity index (χ2v) is 10.0. The Morgan fingerprint density at radius 1 is 0.515 bits per heavy atom. The largest absolute Gasteiger partial charge is 0.456 e. The maximum absolute atomic E-state index is 6.35. The van der Waals surface area contributed by atoms with Crippen LogP contribution in [0.2, 0.25) is 0 Å². The molecule has 0 saturated carbocycles. The van der Waals surface area contributed by atoms with E-state index in [2.05, 4.69) is 46.4 Å². The minimum atomic E-state index is -0.870. The third-order valence-corrected chi connectivity index (χ3v) is 8.50. The first-order valence-electron chi connectivity index (χ1n) is 10.7. The highest BCUT2D eigenvalue weighted by Gasteiger charge is 2.37. The first kappa shape index (κ1) is 18.6. The second-order valence-electron chi connectivity index (χ2n) is 7.94. The zero-order chi connectivity index (χ0) is 21.8. The van der Waals surface area contributed by atoms with Crippen LogP contribution in [0.15, 0.2) is 103 Å². The van der Waals surface area contributed by atoms with E-state index in [1.54, 1.807) is 0 Å². The fourth-order valence-electron chi connectivity index (χ4n) is 4.44. The number of fused-ring (bicyclic) bond motifs is 4. The molecule has 5 heteroatoms. The van der Waals surface area contributed by atoms with E-state index in [1.807, 2.05) is 67.0 Å². The third-order valence-electron chi connectivity index (χ3n) is 5.95. The number of ether oxygens (including phenoxy) is 2. The van der Waals surface area contributed by atoms with Gasteiger partial charge in [-0.3, -0.25) is 9.97 Å². The first-order valence-corrected chi connectivity index (χ1v) is 12.1. The summed E-state index contributed by atoms with van der Waals surface area (Å²) in [6.45, 7) is 0. The topological polar surface area (TPSA) is 44.2 Å². The van der Waals surface area contributed by atoms with Crippen molar-refractivity contribution >= 4 is 23.8 Å². The Morgan fingerprint density at radius 3 is 1.55 bits per heavy atom. The number of rotatable bonds is 2. The van der Waals surface area contributed by atoms with E-state index in [9.17, 15) is 0 Å². The van der Waals surface area contributed by atoms with Gasteiger partial charge in [0.2, 0.25) is 0 Å². The molecule has 0 radical (unpaired) electrons. The molecule has 0 fully saturated rings. The zero-order valence-corrected chi connectivity index (χ0v) is 18.4. The SMILES string of the molecule is c1ccc(-c2ccc3c(c2)P2c4cc(-c5ccccn5)ccc4Oc4cccc(c42)O3)nc1. The molecule has 0 N–H and O–H groups in total. The maximum atomic E-state index is 6.35. The number of nitrogens with zero attached hydrogens (tertiary/aromatic N) is 2. The van der Waals surface area contributed by atoms with Crippen LogP contribution in [0.1, 0.15) is 0 Å². The Balaban J connectivity index is 1.46. The molecule has 0 amide bonds. The summed E-state index contributed by atoms with van der Waals surface area (Å²) >= 11 is 0. The second kappa shape index (κ2) is 7.26. The summed E-state index contributed by atoms with van der Waals surface area (Å²) < 4.78 is 12.7. The summed E-state index contributed by atoms with van der Waals surface area (Å²) in [5.74, 6) is 3.51. The van der Waals surface area contributed by atoms with Gasteiger partial charge in [-0.1, -0.05) is 18.2 Å². The molecule has 2 aromatic heterocycles. The van der Waals surface area contributed by atoms with E-state index in [0.29, 0.717) is 0 Å². The highest BCUT2D eigenvalue weighted by molar-refractivity contribution is 7.80. The predicted molar refractivity (Wildman–Crippen MR) is 132 cm³/mol. The van der Waals surface area contributed by atoms with Crippen LogP contribution in [0.3, 0.4) is 0 Å². The molecule has 0 spiro atoms. The van der Waals surface area contributed by atoms with Crippen molar-refractivity contribution in [3.05, 3.63) is 103 Å². The lowest BCUT2D eigenvalue weighted by Gasteiger charge is -2.35. The molecule has 0 atom stereocenters. The van der Waals surface area contributed by atoms with Crippen LogP contribution < -0.4 is 25.4 Å². The molecule has 156 valence electrons. The lowest BCUT2D eigenvalue weighted by atomic mass is 10.1. The van der Waals surface area contributed by atoms with Crippen LogP contribution in [-0.4, -0.2) is 9.97 Å². The average molecular weight is 444 g/mol. The van der Waals surface area contributed by atoms with Crippen molar-refractivity contribution in [2.75, 3.05) is 0 Å². The van der Waals surface area contributed by atoms with Gasteiger partial charge in [-0.25, -0.2) is 0 Å². The summed E-state index contributed by atoms with van der Waals surface area (Å²) in [5.41, 5.74) is 4.06. The summed E-state index contributed by atoms with van der Waals surface area (Å²) in [5, 5.41) is 3.48. The number of hydrogen-bond acceptors (Lipinski definition) is 4. The van der Waals surface area contributed by atoms with E-state index < -0.39 is 7.92 Å². The Hall–Kier alpha value is -4.01. The van der Waals surface area contributed by atoms with Crippen molar-refractivity contribution in [3.8, 4) is 45.5 Å². The van der Waals surface area contributed by atoms with E-state index in [4.69, 9.17) is 9.47 Å². The summed E-state index contributed by atoms with van der Waals surface area (Å²) in [6.07, 6.45) is 3.65. The van der Waals surface area contributed by atoms with Crippen LogP contribution in [0.5, 0.6) is 23.0 Å². The van der Waals surface area contributed by atoms with Crippen molar-refractivity contribution in [2.45, 2.75) is 0 Å². The molecular formula is C28H17N2O2P. The van der Waals surface area contributed by atoms with Gasteiger partial charge >= 0.3 is 0 Å². The first-order chi connectivity index (χ1) is 16.3. The summed E-state index contributed by atoms with van der Waals surface area (Å²) in [4.78, 5) is 9.11. The normalized spacial score (nSPS) is 13.2. The summed E-state index contributed by atoms with van der Waals surface area (Å²) in [6, 6.07) is 30.8. The molecule has 5 aromatic rings. The maximum Gasteiger partial charge on any atom is 0.139 e. The Labute approximate surface area is 192 Å². The van der Waals surface area contributed by atoms with E-state index in [-0.39, 0.29) is 0 Å². The number of pyridine rings is 2. The minimum absolute atomic E-state index is 0.866. The third kappa shape index (κ3) is 2.95. The van der Waals surface area contributed by atoms with Crippen LogP contribution in [0.25, 0.3) is 22.5 Å². The Bertz CT molecular complexity index is 1410. The quantitative estimate of drug-likeness (QED) is 0.317. The summed E-state index contributed by atoms with van der Waals surface area (Å²) in [7, 11) is -0.870. The highest BCUT2D eigenvalue weighted by Crippen LogP contribution is 2.53. The van der Waals surface area contributed by atoms with E-state index in [0.717, 1.165) is 50.8 Å². The fraction of sp³-hybridized carbons (Fsp3) is 0. The van der Waals surface area contributed by atoms with Crippen molar-refractivity contribution in [3.63, 3.8) is 0 Å². The van der Waals surface area contributed by atoms with Crippen LogP contribution >= 0.6 is 7.92 Å². The predicted octanol–water partition coefficient (Wildman–Crippen LogP) is 5.78. The van der Waals surface area contributed by atoms with Crippen molar-refractivity contribution in [1.29, 1.82) is 0 Å². The molecule has 0 bridgehead atoms. The van der Waals surface area contributed by atoms with Gasteiger partial charge < -0.3 is 9.47 Å². The molecule has 0 unspecified atom stereocenters. The van der Waals surface area contributed by atoms with Crippen molar-refractivity contribution < 1.29 is 9.47 Å². The zero-order valence-electron chi connectivity index (χ0n) is 17.5. The van der Waals surface area contributed by atoms with Gasteiger partial charge in [-0.05, 0) is 72.8 Å². The minimum Gasteiger partial charge on any atom is -0.456 e. The molecule has 4 heterocycles. The number of hydrogen-bond donors (Lipinski definition) is 0. The number of aromatic nitrogens is 2. The van der Waals surface area contributed by atoms with Crippen molar-refractivity contribution in [2.24, 2.45) is 0 Å². The van der Waals surface area contributed by atoms with Gasteiger partial charge in [-0.2, -0.15) is 0 Å². The molecule has 2 aliphatic rings. The molecule has 0 aliphatic carbocycles. The van der Waals surface area contributed by atoms with Gasteiger partial charge in [0, 0.05) is 42.1 Å². The Kier molecular flexibility index (Phi) is 4.08. The molecule has 0 saturated heterocycles. The van der Waals surface area contributed by atoms with Crippen LogP contribution in [0, 0.1) is 0 Å². The molecule has 7 rings (SSSR count). The monoisotopic (exact) mass is 444 g/mol. The lowest BCUT2D eigenvalue weighted by Crippen LogP contribution is -2.32. The van der Waals surface area contributed by atoms with E-state index >= 15 is 0 Å². The van der Waals surface area contributed by atoms with Gasteiger partial charge in [0.15, 0.2) is 0 Å². The number of benzene rings is 3. The smallest absolute Gasteiger partial charge is 0.139 e. The van der Waals surface area contributed by atoms with E-state index in [1.165, 1.54) is 10.6 Å². The average Bonchev–Trinajstić information content (AvgIpc) is 2.89. The Morgan fingerprint density at radius 2 is 1.06 bits per heavy atom. The lowest BCUT2D eigenvalue weighted by molar-refractivity contribution is 0.466. The highest BCUT2D eigenvalue weighted by atomic mass is 31.1. The molecule has 2 aliphatic heterocycles. The van der Waals surface area contributed by atoms with Gasteiger partial charge in [-0.15, -0.1) is 0 Å². The molecule has 4 nitrogen and oxygen atoms in total. The fourth-order valence-corrected chi connectivity index (χ4v) is 7.08.